The van der Waals surface area contributed by atoms with E-state index in [9.17, 15) is 14.4 Å². The van der Waals surface area contributed by atoms with Crippen molar-refractivity contribution in [1.82, 2.24) is 15.5 Å². The molecule has 0 atom stereocenters. The zero-order valence-corrected chi connectivity index (χ0v) is 18.6. The van der Waals surface area contributed by atoms with Gasteiger partial charge < -0.3 is 20.3 Å². The third-order valence-electron chi connectivity index (χ3n) is 4.25. The maximum Gasteiger partial charge on any atom is 0.408 e. The number of hydrogen-bond acceptors (Lipinski definition) is 4. The summed E-state index contributed by atoms with van der Waals surface area (Å²) in [6.07, 6.45) is 4.11. The SMILES string of the molecule is CC(C)(C)OC(=O)NCC(=O)NC1CCN(C(=O)/C=C/c2ccc(Br)cc2)CC1. The van der Waals surface area contributed by atoms with Gasteiger partial charge >= 0.3 is 6.09 Å². The molecule has 0 radical (unpaired) electrons. The van der Waals surface area contributed by atoms with Gasteiger partial charge in [-0.2, -0.15) is 0 Å². The quantitative estimate of drug-likeness (QED) is 0.653. The van der Waals surface area contributed by atoms with Crippen molar-refractivity contribution in [1.29, 1.82) is 0 Å². The summed E-state index contributed by atoms with van der Waals surface area (Å²) in [5.41, 5.74) is 0.354. The first kappa shape index (κ1) is 22.9. The lowest BCUT2D eigenvalue weighted by atomic mass is 10.0. The Morgan fingerprint density at radius 3 is 2.38 bits per heavy atom. The number of halogens is 1. The molecule has 1 saturated heterocycles. The predicted octanol–water partition coefficient (Wildman–Crippen LogP) is 3.09. The molecule has 1 heterocycles. The summed E-state index contributed by atoms with van der Waals surface area (Å²) in [5.74, 6) is -0.306. The Labute approximate surface area is 180 Å². The molecule has 0 aliphatic carbocycles. The van der Waals surface area contributed by atoms with Crippen LogP contribution < -0.4 is 10.6 Å². The molecule has 29 heavy (non-hydrogen) atoms. The van der Waals surface area contributed by atoms with Gasteiger partial charge in [-0.25, -0.2) is 4.79 Å². The van der Waals surface area contributed by atoms with E-state index in [2.05, 4.69) is 26.6 Å². The first-order chi connectivity index (χ1) is 13.6. The monoisotopic (exact) mass is 465 g/mol. The van der Waals surface area contributed by atoms with Crippen molar-refractivity contribution in [2.75, 3.05) is 19.6 Å². The molecule has 158 valence electrons. The fourth-order valence-electron chi connectivity index (χ4n) is 2.84. The molecular formula is C21H28BrN3O4. The molecule has 0 bridgehead atoms. The number of ether oxygens (including phenoxy) is 1. The number of rotatable bonds is 5. The summed E-state index contributed by atoms with van der Waals surface area (Å²) in [5, 5.41) is 5.33. The summed E-state index contributed by atoms with van der Waals surface area (Å²) < 4.78 is 6.09. The number of alkyl carbamates (subject to hydrolysis) is 1. The van der Waals surface area contributed by atoms with Crippen LogP contribution in [0.5, 0.6) is 0 Å². The van der Waals surface area contributed by atoms with Crippen molar-refractivity contribution in [2.24, 2.45) is 0 Å². The Kier molecular flexibility index (Phi) is 8.25. The molecule has 8 heteroatoms. The minimum absolute atomic E-state index is 0.0116. The van der Waals surface area contributed by atoms with Gasteiger partial charge in [0.1, 0.15) is 12.1 Å². The van der Waals surface area contributed by atoms with Gasteiger partial charge in [-0.15, -0.1) is 0 Å². The van der Waals surface area contributed by atoms with Gasteiger partial charge in [0.25, 0.3) is 0 Å². The molecule has 1 aliphatic rings. The van der Waals surface area contributed by atoms with Crippen LogP contribution in [0.2, 0.25) is 0 Å². The first-order valence-corrected chi connectivity index (χ1v) is 10.4. The lowest BCUT2D eigenvalue weighted by Gasteiger charge is -2.31. The van der Waals surface area contributed by atoms with Crippen molar-refractivity contribution in [3.63, 3.8) is 0 Å². The van der Waals surface area contributed by atoms with Gasteiger partial charge in [0.05, 0.1) is 0 Å². The summed E-state index contributed by atoms with van der Waals surface area (Å²) in [4.78, 5) is 37.7. The van der Waals surface area contributed by atoms with Gasteiger partial charge in [0.2, 0.25) is 11.8 Å². The molecule has 0 spiro atoms. The van der Waals surface area contributed by atoms with E-state index in [-0.39, 0.29) is 24.4 Å². The number of amides is 3. The van der Waals surface area contributed by atoms with Crippen LogP contribution in [0.15, 0.2) is 34.8 Å². The second kappa shape index (κ2) is 10.4. The van der Waals surface area contributed by atoms with E-state index in [4.69, 9.17) is 4.74 Å². The molecule has 0 saturated carbocycles. The summed E-state index contributed by atoms with van der Waals surface area (Å²) in [7, 11) is 0. The fraction of sp³-hybridized carbons (Fsp3) is 0.476. The number of likely N-dealkylation sites (tertiary alicyclic amines) is 1. The van der Waals surface area contributed by atoms with Crippen molar-refractivity contribution >= 4 is 39.9 Å². The van der Waals surface area contributed by atoms with Crippen LogP contribution in [-0.2, 0) is 14.3 Å². The van der Waals surface area contributed by atoms with Gasteiger partial charge in [-0.1, -0.05) is 28.1 Å². The van der Waals surface area contributed by atoms with Gasteiger partial charge in [-0.3, -0.25) is 9.59 Å². The van der Waals surface area contributed by atoms with Crippen molar-refractivity contribution in [3.8, 4) is 0 Å². The summed E-state index contributed by atoms with van der Waals surface area (Å²) in [6.45, 7) is 6.30. The Morgan fingerprint density at radius 1 is 1.17 bits per heavy atom. The highest BCUT2D eigenvalue weighted by atomic mass is 79.9. The Balaban J connectivity index is 1.70. The molecule has 2 rings (SSSR count). The molecule has 2 N–H and O–H groups in total. The third-order valence-corrected chi connectivity index (χ3v) is 4.78. The standard InChI is InChI=1S/C21H28BrN3O4/c1-21(2,3)29-20(28)23-14-18(26)24-17-10-12-25(13-11-17)19(27)9-6-15-4-7-16(22)8-5-15/h4-9,17H,10-14H2,1-3H3,(H,23,28)(H,24,26)/b9-6+. The highest BCUT2D eigenvalue weighted by molar-refractivity contribution is 9.10. The van der Waals surface area contributed by atoms with Crippen LogP contribution in [0, 0.1) is 0 Å². The topological polar surface area (TPSA) is 87.7 Å². The molecular weight excluding hydrogens is 438 g/mol. The third kappa shape index (κ3) is 8.68. The Hall–Kier alpha value is -2.35. The average molecular weight is 466 g/mol. The molecule has 1 aromatic carbocycles. The number of piperidine rings is 1. The Bertz CT molecular complexity index is 748. The molecule has 1 aromatic rings. The van der Waals surface area contributed by atoms with E-state index in [1.54, 1.807) is 37.8 Å². The average Bonchev–Trinajstić information content (AvgIpc) is 2.65. The summed E-state index contributed by atoms with van der Waals surface area (Å²) >= 11 is 3.38. The van der Waals surface area contributed by atoms with Crippen molar-refractivity contribution in [3.05, 3.63) is 40.4 Å². The number of benzene rings is 1. The van der Waals surface area contributed by atoms with E-state index in [0.717, 1.165) is 10.0 Å². The maximum absolute atomic E-state index is 12.3. The molecule has 0 unspecified atom stereocenters. The lowest BCUT2D eigenvalue weighted by molar-refractivity contribution is -0.127. The first-order valence-electron chi connectivity index (χ1n) is 9.61. The van der Waals surface area contributed by atoms with Crippen LogP contribution in [0.4, 0.5) is 4.79 Å². The van der Waals surface area contributed by atoms with E-state index in [1.807, 2.05) is 24.3 Å². The number of carbonyl (C=O) groups excluding carboxylic acids is 3. The van der Waals surface area contributed by atoms with Gasteiger partial charge in [0, 0.05) is 29.7 Å². The highest BCUT2D eigenvalue weighted by Crippen LogP contribution is 2.14. The second-order valence-corrected chi connectivity index (χ2v) is 8.82. The molecule has 7 nitrogen and oxygen atoms in total. The number of carbonyl (C=O) groups is 3. The highest BCUT2D eigenvalue weighted by Gasteiger charge is 2.23. The van der Waals surface area contributed by atoms with E-state index >= 15 is 0 Å². The minimum atomic E-state index is -0.620. The van der Waals surface area contributed by atoms with E-state index in [0.29, 0.717) is 25.9 Å². The molecule has 1 fully saturated rings. The van der Waals surface area contributed by atoms with Crippen molar-refractivity contribution < 1.29 is 19.1 Å². The van der Waals surface area contributed by atoms with Crippen LogP contribution in [0.25, 0.3) is 6.08 Å². The largest absolute Gasteiger partial charge is 0.444 e. The molecule has 3 amide bonds. The Morgan fingerprint density at radius 2 is 1.79 bits per heavy atom. The van der Waals surface area contributed by atoms with E-state index in [1.165, 1.54) is 0 Å². The maximum atomic E-state index is 12.3. The zero-order valence-electron chi connectivity index (χ0n) is 17.0. The number of hydrogen-bond donors (Lipinski definition) is 2. The molecule has 1 aliphatic heterocycles. The number of nitrogens with one attached hydrogen (secondary N) is 2. The number of nitrogens with zero attached hydrogens (tertiary/aromatic N) is 1. The molecule has 0 aromatic heterocycles. The van der Waals surface area contributed by atoms with Gasteiger partial charge in [-0.05, 0) is 57.4 Å². The zero-order chi connectivity index (χ0) is 21.4. The van der Waals surface area contributed by atoms with Crippen LogP contribution in [-0.4, -0.2) is 54.1 Å². The van der Waals surface area contributed by atoms with Crippen LogP contribution in [0.1, 0.15) is 39.2 Å². The van der Waals surface area contributed by atoms with Crippen molar-refractivity contribution in [2.45, 2.75) is 45.3 Å². The van der Waals surface area contributed by atoms with E-state index < -0.39 is 11.7 Å². The fourth-order valence-corrected chi connectivity index (χ4v) is 3.10. The normalized spacial score (nSPS) is 15.2. The van der Waals surface area contributed by atoms with Crippen LogP contribution >= 0.6 is 15.9 Å². The van der Waals surface area contributed by atoms with Crippen LogP contribution in [0.3, 0.4) is 0 Å². The second-order valence-electron chi connectivity index (χ2n) is 7.91. The minimum Gasteiger partial charge on any atom is -0.444 e. The smallest absolute Gasteiger partial charge is 0.408 e. The van der Waals surface area contributed by atoms with Gasteiger partial charge in [0.15, 0.2) is 0 Å². The lowest BCUT2D eigenvalue weighted by Crippen LogP contribution is -2.48. The predicted molar refractivity (Wildman–Crippen MR) is 115 cm³/mol. The summed E-state index contributed by atoms with van der Waals surface area (Å²) in [6, 6.07) is 7.70.